The quantitative estimate of drug-likeness (QED) is 0.681. The number of nitrogens with zero attached hydrogens (tertiary/aromatic N) is 4. The molecule has 2 heterocycles. The number of halogens is 3. The van der Waals surface area contributed by atoms with Gasteiger partial charge in [-0.15, -0.1) is 0 Å². The number of nitrogens with one attached hydrogen (secondary N) is 2. The largest absolute Gasteiger partial charge is 0.433 e. The molecule has 0 aliphatic heterocycles. The van der Waals surface area contributed by atoms with Crippen LogP contribution in [-0.2, 0) is 19.8 Å². The average molecular weight is 406 g/mol. The highest BCUT2D eigenvalue weighted by atomic mass is 19.4. The van der Waals surface area contributed by atoms with Crippen LogP contribution in [0.5, 0.6) is 0 Å². The van der Waals surface area contributed by atoms with E-state index in [1.165, 1.54) is 10.9 Å². The van der Waals surface area contributed by atoms with E-state index < -0.39 is 29.4 Å². The molecule has 0 fully saturated rings. The molecule has 3 aromatic rings. The fraction of sp³-hybridized carbons (Fsp3) is 0.222. The summed E-state index contributed by atoms with van der Waals surface area (Å²) in [5.41, 5.74) is -0.978. The average Bonchev–Trinajstić information content (AvgIpc) is 3.26. The van der Waals surface area contributed by atoms with Crippen LogP contribution >= 0.6 is 0 Å². The summed E-state index contributed by atoms with van der Waals surface area (Å²) < 4.78 is 40.8. The Hall–Kier alpha value is -3.63. The van der Waals surface area contributed by atoms with Crippen LogP contribution in [0.2, 0.25) is 0 Å². The molecule has 2 aromatic heterocycles. The van der Waals surface area contributed by atoms with Crippen LogP contribution in [0.4, 0.5) is 24.5 Å². The predicted octanol–water partition coefficient (Wildman–Crippen LogP) is 3.16. The molecule has 0 aliphatic carbocycles. The number of benzene rings is 1. The standard InChI is InChI=1S/C18H17F3N6O2/c1-3-27-10-13(15(25-27)17(29)22-11-7-5-4-6-8-11)23-16(28)12-9-14(18(19,20)21)26(2)24-12/h4-10H,3H2,1-2H3,(H,22,29)(H,23,28). The zero-order valence-electron chi connectivity index (χ0n) is 15.5. The Morgan fingerprint density at radius 2 is 1.76 bits per heavy atom. The maximum Gasteiger partial charge on any atom is 0.433 e. The van der Waals surface area contributed by atoms with Gasteiger partial charge < -0.3 is 10.6 Å². The van der Waals surface area contributed by atoms with Crippen LogP contribution < -0.4 is 10.6 Å². The van der Waals surface area contributed by atoms with Crippen molar-refractivity contribution < 1.29 is 22.8 Å². The molecule has 2 N–H and O–H groups in total. The number of alkyl halides is 3. The van der Waals surface area contributed by atoms with E-state index in [-0.39, 0.29) is 11.4 Å². The number of amides is 2. The summed E-state index contributed by atoms with van der Waals surface area (Å²) in [6.07, 6.45) is -3.22. The molecule has 2 amide bonds. The maximum atomic E-state index is 12.9. The second kappa shape index (κ2) is 7.78. The summed E-state index contributed by atoms with van der Waals surface area (Å²) >= 11 is 0. The van der Waals surface area contributed by atoms with Crippen LogP contribution in [0.1, 0.15) is 33.6 Å². The van der Waals surface area contributed by atoms with Gasteiger partial charge in [0.15, 0.2) is 11.4 Å². The zero-order valence-corrected chi connectivity index (χ0v) is 15.5. The van der Waals surface area contributed by atoms with E-state index in [0.29, 0.717) is 23.0 Å². The summed E-state index contributed by atoms with van der Waals surface area (Å²) in [5.74, 6) is -1.46. The first-order valence-electron chi connectivity index (χ1n) is 8.55. The molecule has 0 atom stereocenters. The third-order valence-electron chi connectivity index (χ3n) is 3.98. The first kappa shape index (κ1) is 20.1. The first-order valence-corrected chi connectivity index (χ1v) is 8.55. The molecule has 0 radical (unpaired) electrons. The number of carbonyl (C=O) groups excluding carboxylic acids is 2. The number of carbonyl (C=O) groups is 2. The van der Waals surface area contributed by atoms with Crippen molar-refractivity contribution in [2.24, 2.45) is 7.05 Å². The van der Waals surface area contributed by atoms with E-state index in [1.807, 2.05) is 0 Å². The second-order valence-electron chi connectivity index (χ2n) is 6.06. The summed E-state index contributed by atoms with van der Waals surface area (Å²) in [6.45, 7) is 2.20. The maximum absolute atomic E-state index is 12.9. The van der Waals surface area contributed by atoms with Gasteiger partial charge in [0, 0.05) is 31.5 Å². The molecule has 152 valence electrons. The van der Waals surface area contributed by atoms with Crippen LogP contribution in [0, 0.1) is 0 Å². The molecule has 0 spiro atoms. The highest BCUT2D eigenvalue weighted by molar-refractivity contribution is 6.11. The second-order valence-corrected chi connectivity index (χ2v) is 6.06. The van der Waals surface area contributed by atoms with Crippen molar-refractivity contribution in [2.75, 3.05) is 10.6 Å². The molecule has 11 heteroatoms. The first-order chi connectivity index (χ1) is 13.7. The Bertz CT molecular complexity index is 1040. The number of para-hydroxylation sites is 1. The molecule has 3 rings (SSSR count). The Morgan fingerprint density at radius 1 is 1.07 bits per heavy atom. The number of hydrogen-bond acceptors (Lipinski definition) is 4. The van der Waals surface area contributed by atoms with Crippen LogP contribution in [-0.4, -0.2) is 31.4 Å². The highest BCUT2D eigenvalue weighted by Crippen LogP contribution is 2.29. The van der Waals surface area contributed by atoms with Crippen molar-refractivity contribution >= 4 is 23.2 Å². The third-order valence-corrected chi connectivity index (χ3v) is 3.98. The van der Waals surface area contributed by atoms with E-state index in [4.69, 9.17) is 0 Å². The molecular formula is C18H17F3N6O2. The number of aryl methyl sites for hydroxylation is 2. The van der Waals surface area contributed by atoms with Crippen LogP contribution in [0.15, 0.2) is 42.6 Å². The zero-order chi connectivity index (χ0) is 21.2. The fourth-order valence-electron chi connectivity index (χ4n) is 2.58. The topological polar surface area (TPSA) is 93.8 Å². The van der Waals surface area contributed by atoms with Gasteiger partial charge in [-0.3, -0.25) is 19.0 Å². The van der Waals surface area contributed by atoms with Gasteiger partial charge in [-0.2, -0.15) is 23.4 Å². The Morgan fingerprint density at radius 3 is 2.34 bits per heavy atom. The number of aromatic nitrogens is 4. The van der Waals surface area contributed by atoms with Gasteiger partial charge in [0.05, 0.1) is 5.69 Å². The van der Waals surface area contributed by atoms with Gasteiger partial charge in [-0.25, -0.2) is 0 Å². The van der Waals surface area contributed by atoms with E-state index in [2.05, 4.69) is 20.8 Å². The van der Waals surface area contributed by atoms with Crippen LogP contribution in [0.3, 0.4) is 0 Å². The summed E-state index contributed by atoms with van der Waals surface area (Å²) in [6, 6.07) is 9.27. The van der Waals surface area contributed by atoms with E-state index in [9.17, 15) is 22.8 Å². The molecule has 29 heavy (non-hydrogen) atoms. The third kappa shape index (κ3) is 4.45. The molecule has 0 saturated carbocycles. The summed E-state index contributed by atoms with van der Waals surface area (Å²) in [7, 11) is 1.09. The van der Waals surface area contributed by atoms with Gasteiger partial charge in [-0.1, -0.05) is 18.2 Å². The minimum atomic E-state index is -4.64. The van der Waals surface area contributed by atoms with Crippen molar-refractivity contribution in [2.45, 2.75) is 19.6 Å². The molecule has 8 nitrogen and oxygen atoms in total. The molecule has 0 saturated heterocycles. The molecule has 1 aromatic carbocycles. The van der Waals surface area contributed by atoms with Crippen molar-refractivity contribution in [3.05, 3.63) is 59.7 Å². The minimum absolute atomic E-state index is 0.0597. The fourth-order valence-corrected chi connectivity index (χ4v) is 2.58. The van der Waals surface area contributed by atoms with Gasteiger partial charge in [0.25, 0.3) is 11.8 Å². The molecule has 0 bridgehead atoms. The molecular weight excluding hydrogens is 389 g/mol. The molecule has 0 aliphatic rings. The Balaban J connectivity index is 1.85. The lowest BCUT2D eigenvalue weighted by Crippen LogP contribution is -2.18. The van der Waals surface area contributed by atoms with E-state index >= 15 is 0 Å². The normalized spacial score (nSPS) is 11.3. The lowest BCUT2D eigenvalue weighted by atomic mass is 10.2. The van der Waals surface area contributed by atoms with Gasteiger partial charge in [-0.05, 0) is 19.1 Å². The lowest BCUT2D eigenvalue weighted by molar-refractivity contribution is -0.143. The SMILES string of the molecule is CCn1cc(NC(=O)c2cc(C(F)(F)F)n(C)n2)c(C(=O)Nc2ccccc2)n1. The Kier molecular flexibility index (Phi) is 5.39. The van der Waals surface area contributed by atoms with Crippen molar-refractivity contribution in [3.8, 4) is 0 Å². The summed E-state index contributed by atoms with van der Waals surface area (Å²) in [5, 5.41) is 12.8. The Labute approximate surface area is 163 Å². The van der Waals surface area contributed by atoms with Gasteiger partial charge in [0.2, 0.25) is 0 Å². The highest BCUT2D eigenvalue weighted by Gasteiger charge is 2.36. The van der Waals surface area contributed by atoms with Crippen LogP contribution in [0.25, 0.3) is 0 Å². The van der Waals surface area contributed by atoms with Crippen molar-refractivity contribution in [1.82, 2.24) is 19.6 Å². The smallest absolute Gasteiger partial charge is 0.321 e. The minimum Gasteiger partial charge on any atom is -0.321 e. The van der Waals surface area contributed by atoms with Crippen molar-refractivity contribution in [3.63, 3.8) is 0 Å². The number of hydrogen-bond donors (Lipinski definition) is 2. The number of rotatable bonds is 5. The van der Waals surface area contributed by atoms with Crippen molar-refractivity contribution in [1.29, 1.82) is 0 Å². The summed E-state index contributed by atoms with van der Waals surface area (Å²) in [4.78, 5) is 25.0. The van der Waals surface area contributed by atoms with E-state index in [0.717, 1.165) is 7.05 Å². The predicted molar refractivity (Wildman–Crippen MR) is 98.5 cm³/mol. The lowest BCUT2D eigenvalue weighted by Gasteiger charge is -2.05. The number of anilines is 2. The van der Waals surface area contributed by atoms with Gasteiger partial charge in [0.1, 0.15) is 5.69 Å². The van der Waals surface area contributed by atoms with Gasteiger partial charge >= 0.3 is 6.18 Å². The monoisotopic (exact) mass is 406 g/mol. The van der Waals surface area contributed by atoms with E-state index in [1.54, 1.807) is 37.3 Å². The molecule has 0 unspecified atom stereocenters.